The van der Waals surface area contributed by atoms with Gasteiger partial charge >= 0.3 is 0 Å². The van der Waals surface area contributed by atoms with Crippen molar-refractivity contribution in [3.63, 3.8) is 0 Å². The minimum absolute atomic E-state index is 0.175. The molecule has 2 aromatic rings. The zero-order valence-electron chi connectivity index (χ0n) is 10.5. The molecular formula is C15H14O5. The first-order valence-electron chi connectivity index (χ1n) is 5.89. The van der Waals surface area contributed by atoms with Gasteiger partial charge in [-0.1, -0.05) is 18.2 Å². The summed E-state index contributed by atoms with van der Waals surface area (Å²) in [5.41, 5.74) is 1.32. The van der Waals surface area contributed by atoms with E-state index in [9.17, 15) is 25.5 Å². The zero-order valence-corrected chi connectivity index (χ0v) is 10.5. The van der Waals surface area contributed by atoms with Crippen LogP contribution in [0, 0.1) is 0 Å². The van der Waals surface area contributed by atoms with Gasteiger partial charge in [-0.15, -0.1) is 0 Å². The Morgan fingerprint density at radius 2 is 1.40 bits per heavy atom. The van der Waals surface area contributed by atoms with E-state index in [0.717, 1.165) is 5.56 Å². The molecule has 0 aliphatic rings. The summed E-state index contributed by atoms with van der Waals surface area (Å²) in [7, 11) is 0. The zero-order chi connectivity index (χ0) is 14.7. The molecule has 2 aromatic carbocycles. The van der Waals surface area contributed by atoms with Crippen LogP contribution in [0.5, 0.6) is 28.7 Å². The number of aromatic hydroxyl groups is 5. The molecular weight excluding hydrogens is 260 g/mol. The van der Waals surface area contributed by atoms with Gasteiger partial charge in [-0.05, 0) is 41.8 Å². The van der Waals surface area contributed by atoms with Gasteiger partial charge in [0.2, 0.25) is 0 Å². The maximum absolute atomic E-state index is 9.36. The van der Waals surface area contributed by atoms with Gasteiger partial charge in [0.05, 0.1) is 0 Å². The lowest BCUT2D eigenvalue weighted by molar-refractivity contribution is 0.368. The molecule has 0 heterocycles. The standard InChI is InChI=1S/C15H14O5/c16-11-5-4-9(6-12(11)17)2-1-3-10-7-13(18)15(20)14(19)8-10/h1,3-8,16-20H,2H2/b3-1-. The average molecular weight is 274 g/mol. The molecule has 0 spiro atoms. The molecule has 0 aliphatic heterocycles. The molecule has 0 unspecified atom stereocenters. The lowest BCUT2D eigenvalue weighted by Gasteiger charge is -2.03. The maximum Gasteiger partial charge on any atom is 0.200 e. The lowest BCUT2D eigenvalue weighted by Crippen LogP contribution is -1.81. The highest BCUT2D eigenvalue weighted by molar-refractivity contribution is 5.60. The van der Waals surface area contributed by atoms with E-state index < -0.39 is 17.2 Å². The van der Waals surface area contributed by atoms with Crippen molar-refractivity contribution in [1.29, 1.82) is 0 Å². The van der Waals surface area contributed by atoms with Crippen LogP contribution in [0.4, 0.5) is 0 Å². The molecule has 5 nitrogen and oxygen atoms in total. The van der Waals surface area contributed by atoms with Crippen molar-refractivity contribution in [3.05, 3.63) is 47.5 Å². The first-order chi connectivity index (χ1) is 9.47. The highest BCUT2D eigenvalue weighted by atomic mass is 16.3. The molecule has 0 radical (unpaired) electrons. The minimum atomic E-state index is -0.550. The number of hydrogen-bond donors (Lipinski definition) is 5. The number of phenols is 5. The molecule has 0 saturated carbocycles. The topological polar surface area (TPSA) is 101 Å². The highest BCUT2D eigenvalue weighted by Gasteiger charge is 2.06. The van der Waals surface area contributed by atoms with Gasteiger partial charge in [-0.2, -0.15) is 0 Å². The van der Waals surface area contributed by atoms with E-state index in [0.29, 0.717) is 12.0 Å². The molecule has 5 N–H and O–H groups in total. The Balaban J connectivity index is 2.12. The fourth-order valence-corrected chi connectivity index (χ4v) is 1.75. The Morgan fingerprint density at radius 3 is 2.00 bits per heavy atom. The Bertz CT molecular complexity index is 638. The number of phenolic OH excluding ortho intramolecular Hbond substituents is 5. The summed E-state index contributed by atoms with van der Waals surface area (Å²) in [6, 6.07) is 7.16. The molecule has 0 aliphatic carbocycles. The summed E-state index contributed by atoms with van der Waals surface area (Å²) in [4.78, 5) is 0. The van der Waals surface area contributed by atoms with E-state index in [2.05, 4.69) is 0 Å². The molecule has 0 bridgehead atoms. The molecule has 2 rings (SSSR count). The van der Waals surface area contributed by atoms with Crippen molar-refractivity contribution < 1.29 is 25.5 Å². The quantitative estimate of drug-likeness (QED) is 0.553. The van der Waals surface area contributed by atoms with Crippen LogP contribution in [0.25, 0.3) is 6.08 Å². The molecule has 104 valence electrons. The van der Waals surface area contributed by atoms with Crippen molar-refractivity contribution in [2.24, 2.45) is 0 Å². The first-order valence-corrected chi connectivity index (χ1v) is 5.89. The van der Waals surface area contributed by atoms with Crippen molar-refractivity contribution in [2.75, 3.05) is 0 Å². The van der Waals surface area contributed by atoms with Gasteiger partial charge in [0.15, 0.2) is 28.7 Å². The van der Waals surface area contributed by atoms with Crippen LogP contribution in [0.1, 0.15) is 11.1 Å². The smallest absolute Gasteiger partial charge is 0.200 e. The lowest BCUT2D eigenvalue weighted by atomic mass is 10.1. The highest BCUT2D eigenvalue weighted by Crippen LogP contribution is 2.35. The Morgan fingerprint density at radius 1 is 0.750 bits per heavy atom. The van der Waals surface area contributed by atoms with Gasteiger partial charge in [-0.3, -0.25) is 0 Å². The van der Waals surface area contributed by atoms with Crippen LogP contribution in [-0.2, 0) is 6.42 Å². The van der Waals surface area contributed by atoms with Gasteiger partial charge in [0.1, 0.15) is 0 Å². The van der Waals surface area contributed by atoms with Gasteiger partial charge in [0, 0.05) is 0 Å². The fourth-order valence-electron chi connectivity index (χ4n) is 1.75. The SMILES string of the molecule is Oc1ccc(C/C=C\c2cc(O)c(O)c(O)c2)cc1O. The average Bonchev–Trinajstić information content (AvgIpc) is 2.40. The third kappa shape index (κ3) is 2.95. The summed E-state index contributed by atoms with van der Waals surface area (Å²) in [6.07, 6.45) is 3.91. The van der Waals surface area contributed by atoms with Crippen LogP contribution in [0.3, 0.4) is 0 Å². The second kappa shape index (κ2) is 5.44. The van der Waals surface area contributed by atoms with Crippen LogP contribution in [0.2, 0.25) is 0 Å². The van der Waals surface area contributed by atoms with E-state index in [-0.39, 0.29) is 11.5 Å². The van der Waals surface area contributed by atoms with Crippen molar-refractivity contribution in [2.45, 2.75) is 6.42 Å². The first kappa shape index (κ1) is 13.6. The van der Waals surface area contributed by atoms with Gasteiger partial charge in [-0.25, -0.2) is 0 Å². The molecule has 20 heavy (non-hydrogen) atoms. The number of rotatable bonds is 3. The van der Waals surface area contributed by atoms with Gasteiger partial charge < -0.3 is 25.5 Å². The second-order valence-corrected chi connectivity index (χ2v) is 4.34. The van der Waals surface area contributed by atoms with E-state index in [1.807, 2.05) is 0 Å². The number of benzene rings is 2. The second-order valence-electron chi connectivity index (χ2n) is 4.34. The summed E-state index contributed by atoms with van der Waals surface area (Å²) >= 11 is 0. The summed E-state index contributed by atoms with van der Waals surface area (Å²) < 4.78 is 0. The predicted molar refractivity (Wildman–Crippen MR) is 73.9 cm³/mol. The monoisotopic (exact) mass is 274 g/mol. The minimum Gasteiger partial charge on any atom is -0.504 e. The molecule has 0 aromatic heterocycles. The number of allylic oxidation sites excluding steroid dienone is 1. The van der Waals surface area contributed by atoms with Crippen molar-refractivity contribution in [3.8, 4) is 28.7 Å². The van der Waals surface area contributed by atoms with Crippen molar-refractivity contribution >= 4 is 6.08 Å². The molecule has 0 atom stereocenters. The van der Waals surface area contributed by atoms with E-state index in [1.165, 1.54) is 24.3 Å². The van der Waals surface area contributed by atoms with Crippen LogP contribution >= 0.6 is 0 Å². The van der Waals surface area contributed by atoms with E-state index in [1.54, 1.807) is 18.2 Å². The molecule has 0 amide bonds. The number of hydrogen-bond acceptors (Lipinski definition) is 5. The van der Waals surface area contributed by atoms with E-state index in [4.69, 9.17) is 0 Å². The Hall–Kier alpha value is -2.82. The third-order valence-corrected chi connectivity index (χ3v) is 2.80. The maximum atomic E-state index is 9.36. The van der Waals surface area contributed by atoms with Crippen LogP contribution in [-0.4, -0.2) is 25.5 Å². The summed E-state index contributed by atoms with van der Waals surface area (Å²) in [5.74, 6) is -1.70. The van der Waals surface area contributed by atoms with Crippen LogP contribution < -0.4 is 0 Å². The molecule has 0 fully saturated rings. The predicted octanol–water partition coefficient (Wildman–Crippen LogP) is 2.47. The Kier molecular flexibility index (Phi) is 3.70. The molecule has 0 saturated heterocycles. The Labute approximate surface area is 115 Å². The van der Waals surface area contributed by atoms with E-state index >= 15 is 0 Å². The summed E-state index contributed by atoms with van der Waals surface area (Å²) in [5, 5.41) is 46.5. The van der Waals surface area contributed by atoms with Gasteiger partial charge in [0.25, 0.3) is 0 Å². The normalized spacial score (nSPS) is 11.0. The summed E-state index contributed by atoms with van der Waals surface area (Å²) in [6.45, 7) is 0. The molecule has 5 heteroatoms. The fraction of sp³-hybridized carbons (Fsp3) is 0.0667. The largest absolute Gasteiger partial charge is 0.504 e. The third-order valence-electron chi connectivity index (χ3n) is 2.80. The van der Waals surface area contributed by atoms with Crippen molar-refractivity contribution in [1.82, 2.24) is 0 Å². The van der Waals surface area contributed by atoms with Crippen LogP contribution in [0.15, 0.2) is 36.4 Å².